The molecule has 3 aromatic rings. The van der Waals surface area contributed by atoms with Gasteiger partial charge in [-0.1, -0.05) is 6.07 Å². The summed E-state index contributed by atoms with van der Waals surface area (Å²) in [5, 5.41) is 12.6. The number of rotatable bonds is 2. The average Bonchev–Trinajstić information content (AvgIpc) is 3.43. The fraction of sp³-hybridized carbons (Fsp3) is 0.280. The van der Waals surface area contributed by atoms with Crippen molar-refractivity contribution in [2.45, 2.75) is 31.3 Å². The van der Waals surface area contributed by atoms with Gasteiger partial charge in [-0.05, 0) is 59.5 Å². The highest BCUT2D eigenvalue weighted by Gasteiger charge is 2.54. The summed E-state index contributed by atoms with van der Waals surface area (Å²) in [6, 6.07) is 16.1. The number of urea groups is 1. The average molecular weight is 423 g/mol. The molecule has 7 heteroatoms. The number of carbonyl (C=O) groups excluding carboxylic acids is 2. The largest absolute Gasteiger partial charge is 0.365 e. The number of hydrogen-bond acceptors (Lipinski definition) is 5. The minimum absolute atomic E-state index is 0.217. The Kier molecular flexibility index (Phi) is 3.84. The molecule has 2 aliphatic heterocycles. The second kappa shape index (κ2) is 6.54. The maximum absolute atomic E-state index is 12.6. The molecule has 1 spiro atoms. The minimum Gasteiger partial charge on any atom is -0.365 e. The molecular formula is C25H21N5O2. The smallest absolute Gasteiger partial charge is 0.324 e. The topological polar surface area (TPSA) is 89.3 Å². The number of nitriles is 1. The maximum atomic E-state index is 12.6. The maximum Gasteiger partial charge on any atom is 0.324 e. The third-order valence-electron chi connectivity index (χ3n) is 7.18. The van der Waals surface area contributed by atoms with Crippen molar-refractivity contribution in [2.24, 2.45) is 0 Å². The molecule has 7 nitrogen and oxygen atoms in total. The quantitative estimate of drug-likeness (QED) is 0.640. The molecule has 3 amide bonds. The Balaban J connectivity index is 1.30. The van der Waals surface area contributed by atoms with Crippen LogP contribution in [0.2, 0.25) is 0 Å². The minimum atomic E-state index is -0.818. The number of anilines is 1. The fourth-order valence-electron chi connectivity index (χ4n) is 5.35. The lowest BCUT2D eigenvalue weighted by atomic mass is 9.95. The summed E-state index contributed by atoms with van der Waals surface area (Å²) in [4.78, 5) is 33.3. The van der Waals surface area contributed by atoms with Gasteiger partial charge in [-0.25, -0.2) is 4.79 Å². The van der Waals surface area contributed by atoms with Crippen molar-refractivity contribution >= 4 is 28.5 Å². The Morgan fingerprint density at radius 2 is 1.91 bits per heavy atom. The highest BCUT2D eigenvalue weighted by atomic mass is 16.2. The van der Waals surface area contributed by atoms with Gasteiger partial charge < -0.3 is 9.80 Å². The molecule has 32 heavy (non-hydrogen) atoms. The molecule has 3 heterocycles. The summed E-state index contributed by atoms with van der Waals surface area (Å²) in [7, 11) is 1.69. The summed E-state index contributed by atoms with van der Waals surface area (Å²) >= 11 is 0. The van der Waals surface area contributed by atoms with Crippen LogP contribution >= 0.6 is 0 Å². The van der Waals surface area contributed by atoms with Crippen molar-refractivity contribution in [1.82, 2.24) is 15.2 Å². The molecule has 1 saturated heterocycles. The summed E-state index contributed by atoms with van der Waals surface area (Å²) in [5.74, 6) is -0.217. The second-order valence-electron chi connectivity index (χ2n) is 8.95. The van der Waals surface area contributed by atoms with Gasteiger partial charge in [0.2, 0.25) is 0 Å². The van der Waals surface area contributed by atoms with Gasteiger partial charge in [0.15, 0.2) is 0 Å². The van der Waals surface area contributed by atoms with Crippen LogP contribution in [0.25, 0.3) is 10.9 Å². The number of nitrogens with one attached hydrogen (secondary N) is 1. The summed E-state index contributed by atoms with van der Waals surface area (Å²) < 4.78 is 0. The van der Waals surface area contributed by atoms with Gasteiger partial charge in [0.25, 0.3) is 5.91 Å². The molecule has 6 rings (SSSR count). The van der Waals surface area contributed by atoms with Crippen LogP contribution in [-0.4, -0.2) is 41.0 Å². The van der Waals surface area contributed by atoms with E-state index < -0.39 is 5.54 Å². The summed E-state index contributed by atoms with van der Waals surface area (Å²) in [6.07, 6.45) is 1.98. The van der Waals surface area contributed by atoms with Crippen LogP contribution in [0.1, 0.15) is 27.9 Å². The predicted molar refractivity (Wildman–Crippen MR) is 119 cm³/mol. The Hall–Kier alpha value is -3.92. The standard InChI is InChI=1S/C25H21N5O2/c1-29-24(32)28-23(31)25(29)11-18-9-16-3-4-20(27-21(16)10-19(18)12-25)14-30-7-6-17-8-15(13-26)2-5-22(17)30/h2-5,8-10H,6-7,11-12,14H2,1H3,(H,28,31,32). The molecule has 0 bridgehead atoms. The normalized spacial score (nSPS) is 21.2. The number of likely N-dealkylation sites (N-methyl/N-ethyl adjacent to an activating group) is 1. The lowest BCUT2D eigenvalue weighted by Gasteiger charge is -2.27. The summed E-state index contributed by atoms with van der Waals surface area (Å²) in [6.45, 7) is 1.61. The predicted octanol–water partition coefficient (Wildman–Crippen LogP) is 2.69. The second-order valence-corrected chi connectivity index (χ2v) is 8.95. The molecule has 1 fully saturated rings. The first-order valence-electron chi connectivity index (χ1n) is 10.8. The number of pyridine rings is 1. The molecule has 0 saturated carbocycles. The Morgan fingerprint density at radius 1 is 1.09 bits per heavy atom. The van der Waals surface area contributed by atoms with E-state index in [4.69, 9.17) is 10.2 Å². The van der Waals surface area contributed by atoms with Gasteiger partial charge in [-0.2, -0.15) is 5.26 Å². The van der Waals surface area contributed by atoms with Gasteiger partial charge in [-0.3, -0.25) is 15.1 Å². The molecule has 2 aromatic carbocycles. The van der Waals surface area contributed by atoms with Crippen molar-refractivity contribution in [3.8, 4) is 6.07 Å². The first-order chi connectivity index (χ1) is 15.5. The summed E-state index contributed by atoms with van der Waals surface area (Å²) in [5.41, 5.74) is 6.33. The van der Waals surface area contributed by atoms with E-state index in [0.717, 1.165) is 40.7 Å². The molecule has 1 N–H and O–H groups in total. The monoisotopic (exact) mass is 423 g/mol. The van der Waals surface area contributed by atoms with E-state index in [2.05, 4.69) is 40.6 Å². The van der Waals surface area contributed by atoms with Crippen molar-refractivity contribution in [2.75, 3.05) is 18.5 Å². The third-order valence-corrected chi connectivity index (χ3v) is 7.18. The van der Waals surface area contributed by atoms with Crippen LogP contribution in [0.5, 0.6) is 0 Å². The van der Waals surface area contributed by atoms with Gasteiger partial charge in [0.05, 0.1) is 29.4 Å². The molecular weight excluding hydrogens is 402 g/mol. The van der Waals surface area contributed by atoms with E-state index in [1.165, 1.54) is 11.3 Å². The van der Waals surface area contributed by atoms with E-state index in [-0.39, 0.29) is 11.9 Å². The molecule has 158 valence electrons. The zero-order valence-corrected chi connectivity index (χ0v) is 17.7. The Labute approximate surface area is 185 Å². The van der Waals surface area contributed by atoms with E-state index in [1.54, 1.807) is 11.9 Å². The first kappa shape index (κ1) is 18.8. The third kappa shape index (κ3) is 2.62. The zero-order valence-electron chi connectivity index (χ0n) is 17.7. The Bertz CT molecular complexity index is 1370. The highest BCUT2D eigenvalue weighted by Crippen LogP contribution is 2.38. The van der Waals surface area contributed by atoms with Crippen LogP contribution in [0.15, 0.2) is 42.5 Å². The van der Waals surface area contributed by atoms with Crippen molar-refractivity contribution in [1.29, 1.82) is 5.26 Å². The molecule has 1 atom stereocenters. The zero-order chi connectivity index (χ0) is 22.0. The number of nitrogens with zero attached hydrogens (tertiary/aromatic N) is 4. The van der Waals surface area contributed by atoms with E-state index in [9.17, 15) is 9.59 Å². The number of carbonyl (C=O) groups is 2. The molecule has 1 unspecified atom stereocenters. The van der Waals surface area contributed by atoms with Gasteiger partial charge >= 0.3 is 6.03 Å². The van der Waals surface area contributed by atoms with Crippen LogP contribution in [0, 0.1) is 11.3 Å². The molecule has 1 aliphatic carbocycles. The van der Waals surface area contributed by atoms with Gasteiger partial charge in [0, 0.05) is 37.5 Å². The Morgan fingerprint density at radius 3 is 2.66 bits per heavy atom. The number of hydrogen-bond donors (Lipinski definition) is 1. The van der Waals surface area contributed by atoms with Gasteiger partial charge in [-0.15, -0.1) is 0 Å². The molecule has 1 aromatic heterocycles. The van der Waals surface area contributed by atoms with E-state index in [1.807, 2.05) is 18.2 Å². The van der Waals surface area contributed by atoms with Crippen LogP contribution in [-0.2, 0) is 30.6 Å². The first-order valence-corrected chi connectivity index (χ1v) is 10.8. The highest BCUT2D eigenvalue weighted by molar-refractivity contribution is 6.07. The van der Waals surface area contributed by atoms with Crippen LogP contribution < -0.4 is 10.2 Å². The lowest BCUT2D eigenvalue weighted by Crippen LogP contribution is -2.48. The lowest BCUT2D eigenvalue weighted by molar-refractivity contribution is -0.125. The van der Waals surface area contributed by atoms with Gasteiger partial charge in [0.1, 0.15) is 5.54 Å². The van der Waals surface area contributed by atoms with Crippen molar-refractivity contribution in [3.05, 3.63) is 70.4 Å². The van der Waals surface area contributed by atoms with Crippen LogP contribution in [0.3, 0.4) is 0 Å². The van der Waals surface area contributed by atoms with E-state index in [0.29, 0.717) is 24.9 Å². The number of amides is 3. The fourth-order valence-corrected chi connectivity index (χ4v) is 5.35. The van der Waals surface area contributed by atoms with E-state index >= 15 is 0 Å². The van der Waals surface area contributed by atoms with Crippen molar-refractivity contribution in [3.63, 3.8) is 0 Å². The van der Waals surface area contributed by atoms with Crippen molar-refractivity contribution < 1.29 is 9.59 Å². The van der Waals surface area contributed by atoms with Crippen LogP contribution in [0.4, 0.5) is 10.5 Å². The number of aromatic nitrogens is 1. The number of imide groups is 1. The molecule has 3 aliphatic rings. The number of fused-ring (bicyclic) bond motifs is 3. The SMILES string of the molecule is CN1C(=O)NC(=O)C12Cc1cc3ccc(CN4CCc5cc(C#N)ccc54)nc3cc1C2. The molecule has 0 radical (unpaired) electrons. The number of benzene rings is 2.